The maximum atomic E-state index is 12.7. The van der Waals surface area contributed by atoms with Crippen molar-refractivity contribution in [1.82, 2.24) is 0 Å². The molecule has 13 heavy (non-hydrogen) atoms. The van der Waals surface area contributed by atoms with E-state index in [1.165, 1.54) is 6.82 Å². The van der Waals surface area contributed by atoms with E-state index in [9.17, 15) is 22.0 Å². The molecule has 0 aromatic carbocycles. The Hall–Kier alpha value is -1.07. The molecule has 0 saturated carbocycles. The molecule has 0 unspecified atom stereocenters. The molecule has 70 valence electrons. The van der Waals surface area contributed by atoms with Gasteiger partial charge in [-0.2, -0.15) is 0 Å². The Labute approximate surface area is 71.6 Å². The average Bonchev–Trinajstić information content (AvgIpc) is 2.13. The monoisotopic (exact) mass is 193 g/mol. The van der Waals surface area contributed by atoms with Crippen molar-refractivity contribution in [2.24, 2.45) is 0 Å². The van der Waals surface area contributed by atoms with Gasteiger partial charge in [0.15, 0.2) is 0 Å². The van der Waals surface area contributed by atoms with Crippen LogP contribution in [-0.2, 0) is 0 Å². The second-order valence-electron chi connectivity index (χ2n) is 2.27. The quantitative estimate of drug-likeness (QED) is 0.315. The molecule has 0 N–H and O–H groups in total. The van der Waals surface area contributed by atoms with Gasteiger partial charge in [0.2, 0.25) is 0 Å². The number of hydrogen-bond acceptors (Lipinski definition) is 0. The molecule has 1 rings (SSSR count). The van der Waals surface area contributed by atoms with Gasteiger partial charge in [0.05, 0.1) is 0 Å². The summed E-state index contributed by atoms with van der Waals surface area (Å²) in [6.45, 7) is 1.99. The molecular weight excluding hydrogens is 190 g/mol. The van der Waals surface area contributed by atoms with Gasteiger partial charge in [-0.25, -0.2) is 0 Å². The van der Waals surface area contributed by atoms with E-state index in [2.05, 4.69) is 0 Å². The predicted octanol–water partition coefficient (Wildman–Crippen LogP) is 2.73. The summed E-state index contributed by atoms with van der Waals surface area (Å²) in [6.07, 6.45) is -2.14. The van der Waals surface area contributed by atoms with Gasteiger partial charge in [-0.3, -0.25) is 0 Å². The Morgan fingerprint density at radius 2 is 1.38 bits per heavy atom. The van der Waals surface area contributed by atoms with E-state index in [0.717, 1.165) is 6.92 Å². The van der Waals surface area contributed by atoms with Gasteiger partial charge in [0.25, 0.3) is 0 Å². The van der Waals surface area contributed by atoms with E-state index in [0.29, 0.717) is 0 Å². The van der Waals surface area contributed by atoms with E-state index in [4.69, 9.17) is 0 Å². The normalized spacial score (nSPS) is 18.3. The minimum absolute atomic E-state index is 0.816. The van der Waals surface area contributed by atoms with E-state index < -0.39 is 34.9 Å². The zero-order chi connectivity index (χ0) is 10.2. The van der Waals surface area contributed by atoms with Crippen molar-refractivity contribution in [3.8, 4) is 0 Å². The van der Waals surface area contributed by atoms with Crippen LogP contribution in [0.1, 0.15) is 0 Å². The van der Waals surface area contributed by atoms with E-state index in [-0.39, 0.29) is 0 Å². The molecule has 0 spiro atoms. The predicted molar refractivity (Wildman–Crippen MR) is 39.5 cm³/mol. The summed E-state index contributed by atoms with van der Waals surface area (Å²) in [5.74, 6) is -7.46. The molecular formula is C7H3BF5-. The second-order valence-corrected chi connectivity index (χ2v) is 2.27. The zero-order valence-corrected chi connectivity index (χ0v) is 6.47. The van der Waals surface area contributed by atoms with Gasteiger partial charge in [-0.15, -0.1) is 0 Å². The first-order chi connectivity index (χ1) is 6.00. The van der Waals surface area contributed by atoms with Crippen molar-refractivity contribution in [1.29, 1.82) is 0 Å². The topological polar surface area (TPSA) is 0 Å². The van der Waals surface area contributed by atoms with E-state index in [1.54, 1.807) is 0 Å². The van der Waals surface area contributed by atoms with Crippen molar-refractivity contribution < 1.29 is 22.0 Å². The van der Waals surface area contributed by atoms with Crippen LogP contribution in [0.3, 0.4) is 0 Å². The molecule has 0 fully saturated rings. The zero-order valence-electron chi connectivity index (χ0n) is 6.47. The van der Waals surface area contributed by atoms with Crippen LogP contribution in [0.4, 0.5) is 22.0 Å². The third kappa shape index (κ3) is 1.40. The summed E-state index contributed by atoms with van der Waals surface area (Å²) in [6, 6.07) is 0. The van der Waals surface area contributed by atoms with Crippen molar-refractivity contribution in [2.75, 3.05) is 0 Å². The molecule has 1 aliphatic rings. The van der Waals surface area contributed by atoms with Crippen molar-refractivity contribution >= 4 is 12.4 Å². The Bertz CT molecular complexity index is 300. The molecule has 0 heterocycles. The second kappa shape index (κ2) is 3.36. The number of halogens is 5. The summed E-state index contributed by atoms with van der Waals surface area (Å²) in [7, 11) is 0. The number of allylic oxidation sites excluding steroid dienone is 4. The van der Waals surface area contributed by atoms with Gasteiger partial charge < -0.3 is 0 Å². The van der Waals surface area contributed by atoms with E-state index >= 15 is 0 Å². The Kier molecular flexibility index (Phi) is 2.59. The van der Waals surface area contributed by atoms with Crippen LogP contribution in [-0.4, -0.2) is 12.4 Å². The fourth-order valence-corrected chi connectivity index (χ4v) is 0.875. The molecule has 0 aromatic rings. The van der Waals surface area contributed by atoms with Gasteiger partial charge in [-0.1, -0.05) is 0 Å². The van der Waals surface area contributed by atoms with Crippen LogP contribution in [0.5, 0.6) is 0 Å². The third-order valence-electron chi connectivity index (χ3n) is 1.53. The first kappa shape index (κ1) is 10.0. The Morgan fingerprint density at radius 3 is 1.69 bits per heavy atom. The number of rotatable bonds is 0. The van der Waals surface area contributed by atoms with Crippen LogP contribution < -0.4 is 0 Å². The maximum absolute atomic E-state index is 12.7. The van der Waals surface area contributed by atoms with Gasteiger partial charge in [0, 0.05) is 0 Å². The van der Waals surface area contributed by atoms with Crippen LogP contribution in [0.25, 0.3) is 0 Å². The summed E-state index contributed by atoms with van der Waals surface area (Å²) in [5, 5.41) is 0. The fraction of sp³-hybridized carbons (Fsp3) is 0.143. The molecule has 0 bridgehead atoms. The molecule has 0 radical (unpaired) electrons. The molecule has 6 heteroatoms. The first-order valence-corrected chi connectivity index (χ1v) is 3.31. The molecule has 1 aliphatic carbocycles. The van der Waals surface area contributed by atoms with Gasteiger partial charge >= 0.3 is 70.6 Å². The number of hydrogen-bond donors (Lipinski definition) is 0. The van der Waals surface area contributed by atoms with Crippen LogP contribution >= 0.6 is 0 Å². The molecule has 0 atom stereocenters. The SMILES string of the molecule is CB=C1C(F)=C(F)[C-](F)C(F)=C1F. The van der Waals surface area contributed by atoms with Gasteiger partial charge in [0.1, 0.15) is 0 Å². The Balaban J connectivity index is 3.30. The van der Waals surface area contributed by atoms with E-state index in [1.807, 2.05) is 0 Å². The van der Waals surface area contributed by atoms with Gasteiger partial charge in [-0.05, 0) is 0 Å². The van der Waals surface area contributed by atoms with Crippen LogP contribution in [0.2, 0.25) is 6.82 Å². The molecule has 0 aliphatic heterocycles. The third-order valence-corrected chi connectivity index (χ3v) is 1.53. The Morgan fingerprint density at radius 1 is 1.00 bits per heavy atom. The van der Waals surface area contributed by atoms with Crippen molar-refractivity contribution in [3.05, 3.63) is 29.5 Å². The summed E-state index contributed by atoms with van der Waals surface area (Å²) in [5.41, 5.74) is -0.906. The summed E-state index contributed by atoms with van der Waals surface area (Å²) in [4.78, 5) is 0. The van der Waals surface area contributed by atoms with Crippen molar-refractivity contribution in [3.63, 3.8) is 0 Å². The molecule has 0 saturated heterocycles. The summed E-state index contributed by atoms with van der Waals surface area (Å²) < 4.78 is 62.5. The molecule has 0 aromatic heterocycles. The first-order valence-electron chi connectivity index (χ1n) is 3.31. The van der Waals surface area contributed by atoms with Crippen LogP contribution in [0, 0.1) is 6.17 Å². The van der Waals surface area contributed by atoms with Crippen LogP contribution in [0.15, 0.2) is 23.3 Å². The molecule has 0 amide bonds. The summed E-state index contributed by atoms with van der Waals surface area (Å²) >= 11 is 0. The fourth-order valence-electron chi connectivity index (χ4n) is 0.875. The minimum atomic E-state index is -2.14. The van der Waals surface area contributed by atoms with Crippen molar-refractivity contribution in [2.45, 2.75) is 6.82 Å². The molecule has 0 nitrogen and oxygen atoms in total. The standard InChI is InChI=1S/C7H3BF5/c1-8-2-3(9)5(11)7(13)6(12)4(2)10/h1H3/q-1. The average molecular weight is 193 g/mol.